The van der Waals surface area contributed by atoms with Crippen molar-refractivity contribution in [3.8, 4) is 39.2 Å². The molecule has 0 spiro atoms. The Morgan fingerprint density at radius 1 is 0.896 bits per heavy atom. The molecular weight excluding hydrogens is 1000 g/mol. The number of anilines is 3. The third-order valence-electron chi connectivity index (χ3n) is 15.9. The molecule has 21 heteroatoms. The summed E-state index contributed by atoms with van der Waals surface area (Å²) in [7, 11) is 0. The molecule has 2 bridgehead atoms. The van der Waals surface area contributed by atoms with Gasteiger partial charge in [-0.3, -0.25) is 19.5 Å². The number of phenolic OH excluding ortho intramolecular Hbond substituents is 1. The van der Waals surface area contributed by atoms with Crippen LogP contribution in [0.2, 0.25) is 0 Å². The Morgan fingerprint density at radius 2 is 1.69 bits per heavy atom. The molecule has 2 amide bonds. The first-order valence-corrected chi connectivity index (χ1v) is 27.9. The van der Waals surface area contributed by atoms with Crippen molar-refractivity contribution >= 4 is 40.3 Å². The minimum Gasteiger partial charge on any atom is -0.507 e. The number of ether oxygens (including phenoxy) is 3. The lowest BCUT2D eigenvalue weighted by Crippen LogP contribution is -2.54. The van der Waals surface area contributed by atoms with Gasteiger partial charge in [-0.15, -0.1) is 21.5 Å². The number of thiazole rings is 1. The fraction of sp³-hybridized carbons (Fsp3) is 0.500. The first-order chi connectivity index (χ1) is 37.3. The summed E-state index contributed by atoms with van der Waals surface area (Å²) in [5.41, 5.74) is 13.9. The van der Waals surface area contributed by atoms with Gasteiger partial charge in [0.05, 0.1) is 57.5 Å². The summed E-state index contributed by atoms with van der Waals surface area (Å²) >= 11 is 1.55. The number of amides is 2. The summed E-state index contributed by atoms with van der Waals surface area (Å²) in [5.74, 6) is 0.240. The van der Waals surface area contributed by atoms with Crippen LogP contribution in [0.4, 0.5) is 17.2 Å². The third-order valence-corrected chi connectivity index (χ3v) is 16.9. The number of likely N-dealkylation sites (tertiary alicyclic amines) is 2. The maximum Gasteiger partial charge on any atom is 0.254 e. The minimum absolute atomic E-state index is 0.0372. The molecule has 1 saturated carbocycles. The lowest BCUT2D eigenvalue weighted by molar-refractivity contribution is -0.141. The Hall–Kier alpha value is -6.94. The van der Waals surface area contributed by atoms with E-state index in [4.69, 9.17) is 24.5 Å². The average molecular weight is 1070 g/mol. The fourth-order valence-electron chi connectivity index (χ4n) is 11.8. The molecule has 77 heavy (non-hydrogen) atoms. The molecule has 5 N–H and O–H groups in total. The van der Waals surface area contributed by atoms with Gasteiger partial charge in [-0.1, -0.05) is 32.0 Å². The van der Waals surface area contributed by atoms with E-state index < -0.39 is 24.1 Å². The van der Waals surface area contributed by atoms with Crippen LogP contribution in [0, 0.1) is 12.8 Å². The van der Waals surface area contributed by atoms with E-state index in [0.717, 1.165) is 92.2 Å². The first kappa shape index (κ1) is 52.1. The zero-order valence-electron chi connectivity index (χ0n) is 44.0. The Bertz CT molecular complexity index is 3000. The number of rotatable bonds is 18. The SMILES string of the molecule is Cc1ncsc1-c1ccc([C@H](C)NC(=O)[C@@H]2C[C@@H](O)CN2C(=O)[C@@H](c2cc(OCCN3CCC(OC4CC(Oc5cc(N6C7CC[C@@H]6CN(c6cc(-c8ccccc8O)nnc6N)C7)ccn5)C4)CC3)no2)C(C)C)nc1. The standard InChI is InChI=1S/C56H68N12O8S/c1-32(2)52(56(72)67-30-39(69)22-47(67)55(71)61-33(3)44-12-9-35(27-59-44)53-34(4)60-31-77-53)49-26-51(64-76-49)73-20-19-65-17-14-40(15-18-65)74-41-23-42(24-41)75-50-21-36(13-16-58-50)68-37-10-11-38(68)29-66(28-37)46-25-45(62-63-54(46)57)43-7-5-6-8-48(43)70/h5-9,12-13,16,21,25-27,31-33,37-42,47,52,69-70H,10-11,14-15,17-20,22-24,28-30H2,1-4H3,(H2,57,63)(H,61,71)/t33-,37+,38?,39+,41?,42?,47-,52+/m0/s1. The van der Waals surface area contributed by atoms with Crippen molar-refractivity contribution in [3.63, 3.8) is 0 Å². The third kappa shape index (κ3) is 11.4. The number of piperazine rings is 1. The second-order valence-electron chi connectivity index (χ2n) is 21.6. The largest absolute Gasteiger partial charge is 0.507 e. The number of para-hydroxylation sites is 1. The number of aliphatic hydroxyl groups is 1. The number of aromatic nitrogens is 6. The van der Waals surface area contributed by atoms with Crippen molar-refractivity contribution in [2.24, 2.45) is 5.92 Å². The highest BCUT2D eigenvalue weighted by molar-refractivity contribution is 7.13. The number of nitrogens with zero attached hydrogens (tertiary/aromatic N) is 10. The van der Waals surface area contributed by atoms with E-state index in [9.17, 15) is 19.8 Å². The van der Waals surface area contributed by atoms with Crippen LogP contribution in [-0.2, 0) is 14.3 Å². The summed E-state index contributed by atoms with van der Waals surface area (Å²) in [6, 6.07) is 18.0. The molecule has 406 valence electrons. The number of nitrogen functional groups attached to an aromatic ring is 1. The number of hydrogen-bond donors (Lipinski definition) is 4. The molecule has 5 aliphatic rings. The van der Waals surface area contributed by atoms with E-state index in [1.807, 2.05) is 64.2 Å². The van der Waals surface area contributed by atoms with Gasteiger partial charge in [0.1, 0.15) is 30.4 Å². The summed E-state index contributed by atoms with van der Waals surface area (Å²) in [4.78, 5) is 51.2. The van der Waals surface area contributed by atoms with Gasteiger partial charge < -0.3 is 54.7 Å². The van der Waals surface area contributed by atoms with Crippen LogP contribution in [0.1, 0.15) is 94.8 Å². The van der Waals surface area contributed by atoms with Gasteiger partial charge >= 0.3 is 0 Å². The highest BCUT2D eigenvalue weighted by atomic mass is 32.1. The predicted molar refractivity (Wildman–Crippen MR) is 290 cm³/mol. The predicted octanol–water partition coefficient (Wildman–Crippen LogP) is 6.55. The number of aliphatic hydroxyl groups excluding tert-OH is 1. The highest BCUT2D eigenvalue weighted by Gasteiger charge is 2.45. The number of nitrogens with one attached hydrogen (secondary N) is 1. The molecule has 9 heterocycles. The zero-order valence-corrected chi connectivity index (χ0v) is 44.8. The van der Waals surface area contributed by atoms with E-state index in [2.05, 4.69) is 62.5 Å². The van der Waals surface area contributed by atoms with Crippen LogP contribution in [0.15, 0.2) is 83.1 Å². The number of pyridine rings is 2. The maximum atomic E-state index is 14.2. The van der Waals surface area contributed by atoms with Gasteiger partial charge in [0.2, 0.25) is 17.7 Å². The van der Waals surface area contributed by atoms with E-state index >= 15 is 0 Å². The van der Waals surface area contributed by atoms with Crippen LogP contribution in [0.5, 0.6) is 17.5 Å². The van der Waals surface area contributed by atoms with Crippen molar-refractivity contribution < 1.29 is 38.5 Å². The number of nitrogens with two attached hydrogens (primary N) is 1. The van der Waals surface area contributed by atoms with Crippen LogP contribution >= 0.6 is 11.3 Å². The second-order valence-corrected chi connectivity index (χ2v) is 22.4. The molecule has 1 aliphatic carbocycles. The van der Waals surface area contributed by atoms with Crippen molar-refractivity contribution in [2.75, 3.05) is 61.4 Å². The molecule has 11 rings (SSSR count). The number of hydrogen-bond acceptors (Lipinski definition) is 19. The van der Waals surface area contributed by atoms with Crippen molar-refractivity contribution in [3.05, 3.63) is 95.7 Å². The molecule has 0 radical (unpaired) electrons. The van der Waals surface area contributed by atoms with E-state index in [0.29, 0.717) is 53.4 Å². The number of carbonyl (C=O) groups excluding carboxylic acids is 2. The maximum absolute atomic E-state index is 14.2. The number of benzene rings is 1. The Morgan fingerprint density at radius 3 is 2.42 bits per heavy atom. The van der Waals surface area contributed by atoms with Crippen molar-refractivity contribution in [1.82, 2.24) is 45.4 Å². The lowest BCUT2D eigenvalue weighted by Gasteiger charge is -2.43. The summed E-state index contributed by atoms with van der Waals surface area (Å²) in [5, 5.41) is 36.9. The molecule has 5 aromatic heterocycles. The normalized spacial score (nSPS) is 23.5. The van der Waals surface area contributed by atoms with Gasteiger partial charge in [-0.2, -0.15) is 0 Å². The van der Waals surface area contributed by atoms with Crippen molar-refractivity contribution in [2.45, 2.75) is 127 Å². The van der Waals surface area contributed by atoms with Crippen LogP contribution in [0.3, 0.4) is 0 Å². The summed E-state index contributed by atoms with van der Waals surface area (Å²) < 4.78 is 24.7. The smallest absolute Gasteiger partial charge is 0.254 e. The van der Waals surface area contributed by atoms with E-state index in [-0.39, 0.29) is 66.8 Å². The van der Waals surface area contributed by atoms with Gasteiger partial charge in [0, 0.05) is 112 Å². The number of β-amino-alcohol motifs (C(OH)–C–C–N with tert-alkyl or cyclic N) is 1. The van der Waals surface area contributed by atoms with Gasteiger partial charge in [0.25, 0.3) is 5.88 Å². The minimum atomic E-state index is -0.857. The average Bonchev–Trinajstić information content (AvgIpc) is 4.22. The van der Waals surface area contributed by atoms with E-state index in [1.54, 1.807) is 41.2 Å². The Kier molecular flexibility index (Phi) is 15.3. The fourth-order valence-corrected chi connectivity index (χ4v) is 12.6. The number of piperidine rings is 1. The van der Waals surface area contributed by atoms with Crippen molar-refractivity contribution in [1.29, 1.82) is 0 Å². The molecule has 4 saturated heterocycles. The topological polar surface area (TPSA) is 244 Å². The number of fused-ring (bicyclic) bond motifs is 2. The number of carbonyl (C=O) groups is 2. The van der Waals surface area contributed by atoms with Crippen LogP contribution in [-0.4, -0.2) is 151 Å². The van der Waals surface area contributed by atoms with Gasteiger partial charge in [-0.25, -0.2) is 9.97 Å². The monoisotopic (exact) mass is 1070 g/mol. The van der Waals surface area contributed by atoms with E-state index in [1.165, 1.54) is 4.90 Å². The summed E-state index contributed by atoms with van der Waals surface area (Å²) in [6.07, 6.45) is 8.95. The molecule has 1 aromatic carbocycles. The highest BCUT2D eigenvalue weighted by Crippen LogP contribution is 2.41. The number of phenols is 1. The van der Waals surface area contributed by atoms with Gasteiger partial charge in [0.15, 0.2) is 11.6 Å². The number of aromatic hydroxyl groups is 1. The summed E-state index contributed by atoms with van der Waals surface area (Å²) in [6.45, 7) is 12.1. The second kappa shape index (κ2) is 22.6. The number of aryl methyl sites for hydroxylation is 1. The Balaban J connectivity index is 0.601. The molecule has 6 aromatic rings. The molecule has 6 atom stereocenters. The van der Waals surface area contributed by atoms with Crippen LogP contribution in [0.25, 0.3) is 21.7 Å². The first-order valence-electron chi connectivity index (χ1n) is 27.0. The Labute approximate surface area is 451 Å². The molecule has 1 unspecified atom stereocenters. The van der Waals surface area contributed by atoms with Gasteiger partial charge in [-0.05, 0) is 80.9 Å². The zero-order chi connectivity index (χ0) is 53.3. The molecule has 20 nitrogen and oxygen atoms in total. The molecular formula is C56H68N12O8S. The molecule has 4 aliphatic heterocycles. The lowest BCUT2D eigenvalue weighted by atomic mass is 9.91. The van der Waals surface area contributed by atoms with Crippen LogP contribution < -0.4 is 30.3 Å². The quantitative estimate of drug-likeness (QED) is 0.0713. The molecule has 5 fully saturated rings.